The second-order valence-electron chi connectivity index (χ2n) is 2.71. The Balaban J connectivity index is 3.27. The summed E-state index contributed by atoms with van der Waals surface area (Å²) in [5, 5.41) is 2.37. The molecule has 0 aromatic heterocycles. The van der Waals surface area contributed by atoms with Crippen molar-refractivity contribution in [2.45, 2.75) is 19.8 Å². The van der Waals surface area contributed by atoms with Gasteiger partial charge in [-0.1, -0.05) is 13.3 Å². The summed E-state index contributed by atoms with van der Waals surface area (Å²) < 4.78 is 9.39. The van der Waals surface area contributed by atoms with Gasteiger partial charge in [-0.25, -0.2) is 4.79 Å². The summed E-state index contributed by atoms with van der Waals surface area (Å²) in [6.45, 7) is 3.51. The van der Waals surface area contributed by atoms with Gasteiger partial charge in [0.05, 0.1) is 13.7 Å². The molecule has 0 unspecified atom stereocenters. The summed E-state index contributed by atoms with van der Waals surface area (Å²) in [5.74, 6) is -1.61. The zero-order valence-corrected chi connectivity index (χ0v) is 8.67. The molecule has 0 spiro atoms. The highest BCUT2D eigenvalue weighted by molar-refractivity contribution is 6.32. The highest BCUT2D eigenvalue weighted by Gasteiger charge is 2.11. The quantitative estimate of drug-likeness (QED) is 0.377. The molecule has 0 fully saturated rings. The topological polar surface area (TPSA) is 64.6 Å². The number of carbonyl (C=O) groups is 2. The van der Waals surface area contributed by atoms with E-state index in [1.54, 1.807) is 0 Å². The number of nitrogens with one attached hydrogen (secondary N) is 1. The minimum atomic E-state index is -0.876. The van der Waals surface area contributed by atoms with Gasteiger partial charge in [-0.05, 0) is 6.42 Å². The molecule has 5 nitrogen and oxygen atoms in total. The van der Waals surface area contributed by atoms with Crippen LogP contribution in [-0.4, -0.2) is 38.7 Å². The highest BCUT2D eigenvalue weighted by atomic mass is 16.5. The molecule has 0 bridgehead atoms. The highest BCUT2D eigenvalue weighted by Crippen LogP contribution is 1.86. The van der Waals surface area contributed by atoms with Crippen LogP contribution in [0.15, 0.2) is 0 Å². The van der Waals surface area contributed by atoms with E-state index in [4.69, 9.17) is 4.74 Å². The van der Waals surface area contributed by atoms with E-state index < -0.39 is 11.9 Å². The maximum atomic E-state index is 10.8. The van der Waals surface area contributed by atoms with Crippen LogP contribution in [0.3, 0.4) is 0 Å². The van der Waals surface area contributed by atoms with E-state index >= 15 is 0 Å². The van der Waals surface area contributed by atoms with Crippen molar-refractivity contribution in [1.29, 1.82) is 0 Å². The molecule has 0 aromatic carbocycles. The van der Waals surface area contributed by atoms with E-state index in [0.717, 1.165) is 12.8 Å². The molecule has 0 atom stereocenters. The number of rotatable bonds is 6. The first kappa shape index (κ1) is 12.9. The van der Waals surface area contributed by atoms with Gasteiger partial charge in [0.15, 0.2) is 0 Å². The molecular weight excluding hydrogens is 186 g/mol. The average Bonchev–Trinajstić information content (AvgIpc) is 2.21. The average molecular weight is 203 g/mol. The van der Waals surface area contributed by atoms with Crippen LogP contribution in [0.1, 0.15) is 19.8 Å². The fourth-order valence-corrected chi connectivity index (χ4v) is 0.750. The summed E-state index contributed by atoms with van der Waals surface area (Å²) in [4.78, 5) is 21.4. The molecule has 0 radical (unpaired) electrons. The van der Waals surface area contributed by atoms with Crippen LogP contribution in [0.2, 0.25) is 0 Å². The predicted octanol–water partition coefficient (Wildman–Crippen LogP) is 0.0923. The molecule has 1 amide bonds. The summed E-state index contributed by atoms with van der Waals surface area (Å²) >= 11 is 0. The Bertz CT molecular complexity index is 182. The van der Waals surface area contributed by atoms with Crippen LogP contribution in [0.4, 0.5) is 0 Å². The van der Waals surface area contributed by atoms with Crippen LogP contribution >= 0.6 is 0 Å². The number of ether oxygens (including phenoxy) is 2. The van der Waals surface area contributed by atoms with Gasteiger partial charge in [-0.3, -0.25) is 4.79 Å². The maximum Gasteiger partial charge on any atom is 0.396 e. The molecular formula is C9H17NO4. The van der Waals surface area contributed by atoms with Crippen LogP contribution in [0.5, 0.6) is 0 Å². The first-order valence-corrected chi connectivity index (χ1v) is 4.66. The maximum absolute atomic E-state index is 10.8. The lowest BCUT2D eigenvalue weighted by Crippen LogP contribution is -2.34. The van der Waals surface area contributed by atoms with Crippen LogP contribution < -0.4 is 5.32 Å². The molecule has 0 aliphatic rings. The Labute approximate surface area is 83.8 Å². The summed E-state index contributed by atoms with van der Waals surface area (Å²) in [5.41, 5.74) is 0. The molecule has 1 N–H and O–H groups in total. The lowest BCUT2D eigenvalue weighted by molar-refractivity contribution is -0.152. The standard InChI is InChI=1S/C9H17NO4/c1-3-4-6-14-7-5-10-8(11)9(12)13-2/h3-7H2,1-2H3,(H,10,11). The minimum Gasteiger partial charge on any atom is -0.462 e. The van der Waals surface area contributed by atoms with Crippen molar-refractivity contribution in [3.63, 3.8) is 0 Å². The summed E-state index contributed by atoms with van der Waals surface area (Å²) in [6, 6.07) is 0. The van der Waals surface area contributed by atoms with Gasteiger partial charge in [0.2, 0.25) is 0 Å². The van der Waals surface area contributed by atoms with Gasteiger partial charge >= 0.3 is 11.9 Å². The summed E-state index contributed by atoms with van der Waals surface area (Å²) in [6.07, 6.45) is 2.08. The second kappa shape index (κ2) is 8.50. The van der Waals surface area contributed by atoms with Crippen LogP contribution in [0.25, 0.3) is 0 Å². The Morgan fingerprint density at radius 2 is 2.00 bits per heavy atom. The molecule has 82 valence electrons. The molecule has 0 saturated carbocycles. The van der Waals surface area contributed by atoms with Crippen LogP contribution in [-0.2, 0) is 19.1 Å². The van der Waals surface area contributed by atoms with Crippen molar-refractivity contribution >= 4 is 11.9 Å². The minimum absolute atomic E-state index is 0.331. The lowest BCUT2D eigenvalue weighted by Gasteiger charge is -2.04. The van der Waals surface area contributed by atoms with E-state index in [1.807, 2.05) is 0 Å². The van der Waals surface area contributed by atoms with Gasteiger partial charge in [0, 0.05) is 13.2 Å². The van der Waals surface area contributed by atoms with E-state index in [2.05, 4.69) is 17.0 Å². The first-order valence-electron chi connectivity index (χ1n) is 4.66. The van der Waals surface area contributed by atoms with Crippen LogP contribution in [0, 0.1) is 0 Å². The number of hydrogen-bond donors (Lipinski definition) is 1. The number of hydrogen-bond acceptors (Lipinski definition) is 4. The fraction of sp³-hybridized carbons (Fsp3) is 0.778. The Kier molecular flexibility index (Phi) is 7.83. The third-order valence-electron chi connectivity index (χ3n) is 1.54. The normalized spacial score (nSPS) is 9.57. The zero-order chi connectivity index (χ0) is 10.8. The Hall–Kier alpha value is -1.10. The van der Waals surface area contributed by atoms with Crippen molar-refractivity contribution in [3.05, 3.63) is 0 Å². The zero-order valence-electron chi connectivity index (χ0n) is 8.67. The van der Waals surface area contributed by atoms with Crippen molar-refractivity contribution < 1.29 is 19.1 Å². The number of carbonyl (C=O) groups excluding carboxylic acids is 2. The van der Waals surface area contributed by atoms with Crippen molar-refractivity contribution in [3.8, 4) is 0 Å². The first-order chi connectivity index (χ1) is 6.72. The van der Waals surface area contributed by atoms with Gasteiger partial charge in [0.1, 0.15) is 0 Å². The lowest BCUT2D eigenvalue weighted by atomic mass is 10.4. The fourth-order valence-electron chi connectivity index (χ4n) is 0.750. The molecule has 0 saturated heterocycles. The van der Waals surface area contributed by atoms with Crippen molar-refractivity contribution in [1.82, 2.24) is 5.32 Å². The SMILES string of the molecule is CCCCOCCNC(=O)C(=O)OC. The Morgan fingerprint density at radius 1 is 1.29 bits per heavy atom. The van der Waals surface area contributed by atoms with Crippen molar-refractivity contribution in [2.24, 2.45) is 0 Å². The van der Waals surface area contributed by atoms with E-state index in [0.29, 0.717) is 19.8 Å². The second-order valence-corrected chi connectivity index (χ2v) is 2.71. The summed E-state index contributed by atoms with van der Waals surface area (Å²) in [7, 11) is 1.17. The van der Waals surface area contributed by atoms with E-state index in [-0.39, 0.29) is 0 Å². The van der Waals surface area contributed by atoms with Crippen molar-refractivity contribution in [2.75, 3.05) is 26.9 Å². The molecule has 0 aromatic rings. The van der Waals surface area contributed by atoms with Gasteiger partial charge in [-0.2, -0.15) is 0 Å². The third kappa shape index (κ3) is 6.42. The molecule has 14 heavy (non-hydrogen) atoms. The van der Waals surface area contributed by atoms with E-state index in [1.165, 1.54) is 7.11 Å². The molecule has 0 aliphatic carbocycles. The molecule has 0 heterocycles. The largest absolute Gasteiger partial charge is 0.462 e. The Morgan fingerprint density at radius 3 is 2.57 bits per heavy atom. The van der Waals surface area contributed by atoms with Gasteiger partial charge in [-0.15, -0.1) is 0 Å². The molecule has 0 rings (SSSR count). The predicted molar refractivity (Wildman–Crippen MR) is 50.8 cm³/mol. The third-order valence-corrected chi connectivity index (χ3v) is 1.54. The molecule has 0 aliphatic heterocycles. The monoisotopic (exact) mass is 203 g/mol. The number of methoxy groups -OCH3 is 1. The number of unbranched alkanes of at least 4 members (excludes halogenated alkanes) is 1. The smallest absolute Gasteiger partial charge is 0.396 e. The number of esters is 1. The number of amides is 1. The van der Waals surface area contributed by atoms with Gasteiger partial charge in [0.25, 0.3) is 0 Å². The molecule has 5 heteroatoms. The van der Waals surface area contributed by atoms with Gasteiger partial charge < -0.3 is 14.8 Å². The van der Waals surface area contributed by atoms with E-state index in [9.17, 15) is 9.59 Å².